The molecule has 3 nitrogen and oxygen atoms in total. The van der Waals surface area contributed by atoms with E-state index in [1.165, 1.54) is 12.8 Å². The van der Waals surface area contributed by atoms with Crippen LogP contribution in [0.5, 0.6) is 0 Å². The van der Waals surface area contributed by atoms with Crippen LogP contribution < -0.4 is 5.73 Å². The lowest BCUT2D eigenvalue weighted by molar-refractivity contribution is 0.141. The first kappa shape index (κ1) is 12.0. The molecule has 1 aliphatic carbocycles. The Morgan fingerprint density at radius 1 is 1.43 bits per heavy atom. The van der Waals surface area contributed by atoms with Gasteiger partial charge in [-0.15, -0.1) is 0 Å². The lowest BCUT2D eigenvalue weighted by Crippen LogP contribution is -2.34. The molecule has 0 amide bonds. The van der Waals surface area contributed by atoms with Gasteiger partial charge in [-0.1, -0.05) is 6.92 Å². The maximum absolute atomic E-state index is 5.91. The van der Waals surface area contributed by atoms with Gasteiger partial charge in [0.25, 0.3) is 0 Å². The Kier molecular flexibility index (Phi) is 5.45. The number of nitrogens with zero attached hydrogens (tertiary/aromatic N) is 1. The van der Waals surface area contributed by atoms with Crippen LogP contribution in [0, 0.1) is 0 Å². The maximum Gasteiger partial charge on any atom is 0.0589 e. The van der Waals surface area contributed by atoms with E-state index in [4.69, 9.17) is 10.5 Å². The number of rotatable bonds is 8. The summed E-state index contributed by atoms with van der Waals surface area (Å²) < 4.78 is 5.11. The number of hydrogen-bond donors (Lipinski definition) is 1. The molecule has 0 saturated heterocycles. The van der Waals surface area contributed by atoms with Crippen LogP contribution in [0.1, 0.15) is 32.6 Å². The third-order valence-electron chi connectivity index (χ3n) is 2.96. The van der Waals surface area contributed by atoms with Gasteiger partial charge in [-0.2, -0.15) is 0 Å². The van der Waals surface area contributed by atoms with E-state index in [1.54, 1.807) is 7.11 Å². The summed E-state index contributed by atoms with van der Waals surface area (Å²) in [4.78, 5) is 2.53. The van der Waals surface area contributed by atoms with E-state index in [0.717, 1.165) is 38.6 Å². The molecule has 0 spiro atoms. The first-order valence-electron chi connectivity index (χ1n) is 5.76. The van der Waals surface area contributed by atoms with Gasteiger partial charge in [0.05, 0.1) is 6.61 Å². The average Bonchev–Trinajstić information content (AvgIpc) is 3.01. The van der Waals surface area contributed by atoms with Gasteiger partial charge in [0.15, 0.2) is 0 Å². The van der Waals surface area contributed by atoms with E-state index in [2.05, 4.69) is 11.8 Å². The molecule has 14 heavy (non-hydrogen) atoms. The summed E-state index contributed by atoms with van der Waals surface area (Å²) in [6.07, 6.45) is 4.94. The topological polar surface area (TPSA) is 38.5 Å². The molecule has 2 N–H and O–H groups in total. The van der Waals surface area contributed by atoms with E-state index >= 15 is 0 Å². The van der Waals surface area contributed by atoms with Gasteiger partial charge in [0.1, 0.15) is 0 Å². The quantitative estimate of drug-likeness (QED) is 0.640. The largest absolute Gasteiger partial charge is 0.383 e. The Hall–Kier alpha value is -0.120. The number of methoxy groups -OCH3 is 1. The molecule has 1 aliphatic rings. The van der Waals surface area contributed by atoms with Crippen LogP contribution in [0.25, 0.3) is 0 Å². The molecule has 1 atom stereocenters. The van der Waals surface area contributed by atoms with Gasteiger partial charge >= 0.3 is 0 Å². The number of ether oxygens (including phenoxy) is 1. The molecule has 0 aliphatic heterocycles. The molecule has 0 aromatic rings. The van der Waals surface area contributed by atoms with Crippen molar-refractivity contribution in [2.75, 3.05) is 26.8 Å². The fourth-order valence-corrected chi connectivity index (χ4v) is 1.66. The summed E-state index contributed by atoms with van der Waals surface area (Å²) in [6.45, 7) is 5.21. The van der Waals surface area contributed by atoms with Gasteiger partial charge in [0.2, 0.25) is 0 Å². The van der Waals surface area contributed by atoms with Crippen LogP contribution in [-0.4, -0.2) is 43.8 Å². The molecule has 84 valence electrons. The molecular formula is C11H24N2O. The third-order valence-corrected chi connectivity index (χ3v) is 2.96. The molecule has 0 aromatic heterocycles. The smallest absolute Gasteiger partial charge is 0.0589 e. The Labute approximate surface area is 87.6 Å². The normalized spacial score (nSPS) is 18.9. The van der Waals surface area contributed by atoms with Crippen LogP contribution in [-0.2, 0) is 4.74 Å². The van der Waals surface area contributed by atoms with Crippen molar-refractivity contribution in [3.8, 4) is 0 Å². The zero-order chi connectivity index (χ0) is 10.4. The van der Waals surface area contributed by atoms with Crippen LogP contribution >= 0.6 is 0 Å². The van der Waals surface area contributed by atoms with Gasteiger partial charge in [0, 0.05) is 25.7 Å². The summed E-state index contributed by atoms with van der Waals surface area (Å²) in [5.41, 5.74) is 5.91. The SMILES string of the molecule is CCC(N)CCN(CCOC)C1CC1. The molecular weight excluding hydrogens is 176 g/mol. The molecule has 1 saturated carbocycles. The van der Waals surface area contributed by atoms with Gasteiger partial charge in [-0.3, -0.25) is 4.90 Å². The van der Waals surface area contributed by atoms with Crippen molar-refractivity contribution in [1.82, 2.24) is 4.90 Å². The fraction of sp³-hybridized carbons (Fsp3) is 1.00. The van der Waals surface area contributed by atoms with Crippen molar-refractivity contribution in [1.29, 1.82) is 0 Å². The predicted octanol–water partition coefficient (Wildman–Crippen LogP) is 1.22. The lowest BCUT2D eigenvalue weighted by Gasteiger charge is -2.22. The Bertz CT molecular complexity index is 148. The van der Waals surface area contributed by atoms with Crippen LogP contribution in [0.4, 0.5) is 0 Å². The Balaban J connectivity index is 2.14. The van der Waals surface area contributed by atoms with Crippen LogP contribution in [0.3, 0.4) is 0 Å². The van der Waals surface area contributed by atoms with Gasteiger partial charge < -0.3 is 10.5 Å². The standard InChI is InChI=1S/C11H24N2O/c1-3-10(12)6-7-13(8-9-14-2)11-4-5-11/h10-11H,3-9,12H2,1-2H3. The van der Waals surface area contributed by atoms with Crippen molar-refractivity contribution < 1.29 is 4.74 Å². The molecule has 0 heterocycles. The van der Waals surface area contributed by atoms with E-state index < -0.39 is 0 Å². The highest BCUT2D eigenvalue weighted by atomic mass is 16.5. The minimum absolute atomic E-state index is 0.374. The van der Waals surface area contributed by atoms with Crippen molar-refractivity contribution in [3.05, 3.63) is 0 Å². The third kappa shape index (κ3) is 4.40. The first-order valence-corrected chi connectivity index (χ1v) is 5.76. The van der Waals surface area contributed by atoms with Crippen molar-refractivity contribution in [3.63, 3.8) is 0 Å². The van der Waals surface area contributed by atoms with E-state index in [9.17, 15) is 0 Å². The van der Waals surface area contributed by atoms with E-state index in [0.29, 0.717) is 6.04 Å². The van der Waals surface area contributed by atoms with Crippen molar-refractivity contribution in [2.45, 2.75) is 44.7 Å². The maximum atomic E-state index is 5.91. The highest BCUT2D eigenvalue weighted by molar-refractivity contribution is 4.84. The minimum Gasteiger partial charge on any atom is -0.383 e. The van der Waals surface area contributed by atoms with E-state index in [-0.39, 0.29) is 0 Å². The summed E-state index contributed by atoms with van der Waals surface area (Å²) in [6, 6.07) is 1.20. The first-order chi connectivity index (χ1) is 6.77. The second-order valence-corrected chi connectivity index (χ2v) is 4.22. The Morgan fingerprint density at radius 2 is 2.14 bits per heavy atom. The molecule has 3 heteroatoms. The molecule has 1 unspecified atom stereocenters. The lowest BCUT2D eigenvalue weighted by atomic mass is 10.1. The fourth-order valence-electron chi connectivity index (χ4n) is 1.66. The minimum atomic E-state index is 0.374. The summed E-state index contributed by atoms with van der Waals surface area (Å²) in [5.74, 6) is 0. The average molecular weight is 200 g/mol. The predicted molar refractivity (Wildman–Crippen MR) is 59.4 cm³/mol. The van der Waals surface area contributed by atoms with Gasteiger partial charge in [-0.25, -0.2) is 0 Å². The Morgan fingerprint density at radius 3 is 2.64 bits per heavy atom. The summed E-state index contributed by atoms with van der Waals surface area (Å²) in [7, 11) is 1.77. The number of nitrogens with two attached hydrogens (primary N) is 1. The van der Waals surface area contributed by atoms with Crippen molar-refractivity contribution >= 4 is 0 Å². The molecule has 0 aromatic carbocycles. The highest BCUT2D eigenvalue weighted by Crippen LogP contribution is 2.26. The van der Waals surface area contributed by atoms with Gasteiger partial charge in [-0.05, 0) is 32.2 Å². The van der Waals surface area contributed by atoms with Crippen LogP contribution in [0.2, 0.25) is 0 Å². The second kappa shape index (κ2) is 6.38. The van der Waals surface area contributed by atoms with E-state index in [1.807, 2.05) is 0 Å². The molecule has 1 rings (SSSR count). The second-order valence-electron chi connectivity index (χ2n) is 4.22. The van der Waals surface area contributed by atoms with Crippen LogP contribution in [0.15, 0.2) is 0 Å². The number of hydrogen-bond acceptors (Lipinski definition) is 3. The monoisotopic (exact) mass is 200 g/mol. The zero-order valence-electron chi connectivity index (χ0n) is 9.54. The molecule has 0 radical (unpaired) electrons. The molecule has 1 fully saturated rings. The molecule has 0 bridgehead atoms. The van der Waals surface area contributed by atoms with Crippen molar-refractivity contribution in [2.24, 2.45) is 5.73 Å². The zero-order valence-corrected chi connectivity index (χ0v) is 9.54. The summed E-state index contributed by atoms with van der Waals surface area (Å²) >= 11 is 0. The summed E-state index contributed by atoms with van der Waals surface area (Å²) in [5, 5.41) is 0. The highest BCUT2D eigenvalue weighted by Gasteiger charge is 2.28.